The average Bonchev–Trinajstić information content (AvgIpc) is 3.54. The number of hydrogen-bond donors (Lipinski definition) is 0. The third-order valence-electron chi connectivity index (χ3n) is 5.53. The number of nitrogens with zero attached hydrogens (tertiary/aromatic N) is 7. The molecule has 0 aliphatic carbocycles. The van der Waals surface area contributed by atoms with Crippen molar-refractivity contribution in [2.45, 2.75) is 0 Å². The minimum Gasteiger partial charge on any atom is -0.335 e. The summed E-state index contributed by atoms with van der Waals surface area (Å²) < 4.78 is 16.8. The quantitative estimate of drug-likeness (QED) is 0.481. The fourth-order valence-electron chi connectivity index (χ4n) is 3.84. The van der Waals surface area contributed by atoms with Crippen molar-refractivity contribution in [3.63, 3.8) is 0 Å². The van der Waals surface area contributed by atoms with E-state index in [0.29, 0.717) is 43.2 Å². The van der Waals surface area contributed by atoms with Crippen LogP contribution in [0.25, 0.3) is 11.5 Å². The van der Waals surface area contributed by atoms with Crippen LogP contribution in [-0.4, -0.2) is 72.1 Å². The van der Waals surface area contributed by atoms with Gasteiger partial charge in [-0.1, -0.05) is 0 Å². The van der Waals surface area contributed by atoms with Gasteiger partial charge in [-0.25, -0.2) is 14.1 Å². The molecule has 33 heavy (non-hydrogen) atoms. The third kappa shape index (κ3) is 3.98. The second-order valence-electron chi connectivity index (χ2n) is 7.54. The molecule has 3 aromatic heterocycles. The van der Waals surface area contributed by atoms with Gasteiger partial charge in [0.25, 0.3) is 11.8 Å². The third-order valence-corrected chi connectivity index (χ3v) is 5.53. The first kappa shape index (κ1) is 20.6. The topological polar surface area (TPSA) is 89.2 Å². The van der Waals surface area contributed by atoms with Crippen molar-refractivity contribution in [2.24, 2.45) is 0 Å². The molecule has 2 amide bonds. The molecule has 0 atom stereocenters. The molecule has 1 fully saturated rings. The van der Waals surface area contributed by atoms with Gasteiger partial charge in [-0.15, -0.1) is 0 Å². The Kier molecular flexibility index (Phi) is 5.39. The van der Waals surface area contributed by atoms with Gasteiger partial charge >= 0.3 is 0 Å². The van der Waals surface area contributed by atoms with Crippen LogP contribution in [0.1, 0.15) is 20.8 Å². The minimum atomic E-state index is -0.348. The number of rotatable bonds is 4. The lowest BCUT2D eigenvalue weighted by molar-refractivity contribution is 0.0532. The van der Waals surface area contributed by atoms with Crippen LogP contribution in [0.4, 0.5) is 4.39 Å². The molecule has 0 saturated carbocycles. The monoisotopic (exact) mass is 445 g/mol. The van der Waals surface area contributed by atoms with Gasteiger partial charge < -0.3 is 14.4 Å². The van der Waals surface area contributed by atoms with Gasteiger partial charge in [0.15, 0.2) is 5.82 Å². The van der Waals surface area contributed by atoms with Crippen molar-refractivity contribution in [3.05, 3.63) is 90.7 Å². The number of halogens is 1. The van der Waals surface area contributed by atoms with Gasteiger partial charge in [-0.05, 0) is 36.4 Å². The van der Waals surface area contributed by atoms with Gasteiger partial charge in [0.1, 0.15) is 17.1 Å². The predicted molar refractivity (Wildman–Crippen MR) is 117 cm³/mol. The lowest BCUT2D eigenvalue weighted by Gasteiger charge is -2.34. The summed E-state index contributed by atoms with van der Waals surface area (Å²) in [4.78, 5) is 37.4. The molecule has 0 bridgehead atoms. The van der Waals surface area contributed by atoms with Gasteiger partial charge in [-0.3, -0.25) is 14.6 Å². The number of carbonyl (C=O) groups excluding carboxylic acids is 2. The van der Waals surface area contributed by atoms with Crippen molar-refractivity contribution in [1.29, 1.82) is 0 Å². The average molecular weight is 445 g/mol. The van der Waals surface area contributed by atoms with E-state index in [-0.39, 0.29) is 23.3 Å². The SMILES string of the molecule is O=C(c1cnccn1)N1CCN(C(=O)c2cnn(-c3ccc(F)cc3)c2-n2cccc2)CC1. The molecule has 1 aromatic carbocycles. The first-order chi connectivity index (χ1) is 16.1. The highest BCUT2D eigenvalue weighted by molar-refractivity contribution is 5.98. The molecule has 1 aliphatic heterocycles. The smallest absolute Gasteiger partial charge is 0.274 e. The summed E-state index contributed by atoms with van der Waals surface area (Å²) >= 11 is 0. The standard InChI is InChI=1S/C23H20FN7O2/c24-17-3-5-18(6-4-17)31-21(28-9-1-2-10-28)19(15-27-31)22(32)29-11-13-30(14-12-29)23(33)20-16-25-7-8-26-20/h1-10,15-16H,11-14H2. The van der Waals surface area contributed by atoms with E-state index in [2.05, 4.69) is 15.1 Å². The number of benzene rings is 1. The molecule has 1 aliphatic rings. The molecule has 1 saturated heterocycles. The highest BCUT2D eigenvalue weighted by Crippen LogP contribution is 2.22. The molecule has 5 rings (SSSR count). The van der Waals surface area contributed by atoms with Crippen LogP contribution in [0.3, 0.4) is 0 Å². The Labute approximate surface area is 188 Å². The first-order valence-corrected chi connectivity index (χ1v) is 10.4. The molecule has 9 nitrogen and oxygen atoms in total. The maximum Gasteiger partial charge on any atom is 0.274 e. The van der Waals surface area contributed by atoms with E-state index >= 15 is 0 Å². The second kappa shape index (κ2) is 8.65. The highest BCUT2D eigenvalue weighted by Gasteiger charge is 2.29. The molecular formula is C23H20FN7O2. The van der Waals surface area contributed by atoms with E-state index in [0.717, 1.165) is 0 Å². The summed E-state index contributed by atoms with van der Waals surface area (Å²) in [6.45, 7) is 1.56. The highest BCUT2D eigenvalue weighted by atomic mass is 19.1. The number of piperazine rings is 1. The lowest BCUT2D eigenvalue weighted by atomic mass is 10.2. The lowest BCUT2D eigenvalue weighted by Crippen LogP contribution is -2.50. The summed E-state index contributed by atoms with van der Waals surface area (Å²) in [7, 11) is 0. The molecule has 4 heterocycles. The van der Waals surface area contributed by atoms with Gasteiger partial charge in [-0.2, -0.15) is 5.10 Å². The van der Waals surface area contributed by atoms with Crippen LogP contribution in [0, 0.1) is 5.82 Å². The molecule has 0 N–H and O–H groups in total. The van der Waals surface area contributed by atoms with E-state index in [4.69, 9.17) is 0 Å². The minimum absolute atomic E-state index is 0.182. The zero-order chi connectivity index (χ0) is 22.8. The molecular weight excluding hydrogens is 425 g/mol. The summed E-state index contributed by atoms with van der Waals surface area (Å²) in [5.74, 6) is -0.167. The maximum absolute atomic E-state index is 13.4. The Hall–Kier alpha value is -4.34. The zero-order valence-electron chi connectivity index (χ0n) is 17.6. The first-order valence-electron chi connectivity index (χ1n) is 10.4. The largest absolute Gasteiger partial charge is 0.335 e. The summed E-state index contributed by atoms with van der Waals surface area (Å²) in [5.41, 5.74) is 1.34. The molecule has 10 heteroatoms. The second-order valence-corrected chi connectivity index (χ2v) is 7.54. The van der Waals surface area contributed by atoms with E-state index in [1.54, 1.807) is 31.2 Å². The Morgan fingerprint density at radius 2 is 1.52 bits per heavy atom. The van der Waals surface area contributed by atoms with Gasteiger partial charge in [0, 0.05) is 51.0 Å². The van der Waals surface area contributed by atoms with E-state index in [1.807, 2.05) is 24.5 Å². The predicted octanol–water partition coefficient (Wildman–Crippen LogP) is 2.19. The Balaban J connectivity index is 1.38. The van der Waals surface area contributed by atoms with Gasteiger partial charge in [0.2, 0.25) is 0 Å². The van der Waals surface area contributed by atoms with Crippen molar-refractivity contribution < 1.29 is 14.0 Å². The van der Waals surface area contributed by atoms with Crippen LogP contribution < -0.4 is 0 Å². The molecule has 0 spiro atoms. The number of carbonyl (C=O) groups is 2. The van der Waals surface area contributed by atoms with Gasteiger partial charge in [0.05, 0.1) is 18.1 Å². The Morgan fingerprint density at radius 1 is 0.848 bits per heavy atom. The summed E-state index contributed by atoms with van der Waals surface area (Å²) in [6.07, 6.45) is 9.61. The fraction of sp³-hybridized carbons (Fsp3) is 0.174. The van der Waals surface area contributed by atoms with E-state index < -0.39 is 0 Å². The van der Waals surface area contributed by atoms with Crippen LogP contribution >= 0.6 is 0 Å². The Bertz CT molecular complexity index is 1260. The van der Waals surface area contributed by atoms with Crippen molar-refractivity contribution >= 4 is 11.8 Å². The molecule has 0 unspecified atom stereocenters. The van der Waals surface area contributed by atoms with Crippen molar-refractivity contribution in [1.82, 2.24) is 34.1 Å². The van der Waals surface area contributed by atoms with Crippen LogP contribution in [0.15, 0.2) is 73.6 Å². The number of hydrogen-bond acceptors (Lipinski definition) is 5. The maximum atomic E-state index is 13.4. The Morgan fingerprint density at radius 3 is 2.15 bits per heavy atom. The van der Waals surface area contributed by atoms with Crippen LogP contribution in [0.5, 0.6) is 0 Å². The molecule has 0 radical (unpaired) electrons. The molecule has 4 aromatic rings. The zero-order valence-corrected chi connectivity index (χ0v) is 17.6. The number of amides is 2. The van der Waals surface area contributed by atoms with Crippen molar-refractivity contribution in [2.75, 3.05) is 26.2 Å². The normalized spacial score (nSPS) is 13.8. The van der Waals surface area contributed by atoms with Crippen LogP contribution in [0.2, 0.25) is 0 Å². The number of aromatic nitrogens is 5. The van der Waals surface area contributed by atoms with Crippen LogP contribution in [-0.2, 0) is 0 Å². The molecule has 166 valence electrons. The van der Waals surface area contributed by atoms with E-state index in [9.17, 15) is 14.0 Å². The van der Waals surface area contributed by atoms with E-state index in [1.165, 1.54) is 36.9 Å². The summed E-state index contributed by atoms with van der Waals surface area (Å²) in [6, 6.07) is 9.64. The van der Waals surface area contributed by atoms with Crippen molar-refractivity contribution in [3.8, 4) is 11.5 Å². The summed E-state index contributed by atoms with van der Waals surface area (Å²) in [5, 5.41) is 4.42. The fourth-order valence-corrected chi connectivity index (χ4v) is 3.84.